The number of rotatable bonds is 4. The Hall–Kier alpha value is -1.86. The maximum absolute atomic E-state index is 13.4. The van der Waals surface area contributed by atoms with E-state index in [1.165, 1.54) is 16.2 Å². The lowest BCUT2D eigenvalue weighted by atomic mass is 10.1. The smallest absolute Gasteiger partial charge is 0.282 e. The summed E-state index contributed by atoms with van der Waals surface area (Å²) in [6, 6.07) is 8.57. The molecule has 28 heavy (non-hydrogen) atoms. The number of imide groups is 1. The first kappa shape index (κ1) is 19.5. The summed E-state index contributed by atoms with van der Waals surface area (Å²) in [7, 11) is 0. The number of benzene rings is 1. The number of hydrogen-bond donors (Lipinski definition) is 0. The Kier molecular flexibility index (Phi) is 5.47. The van der Waals surface area contributed by atoms with E-state index in [9.17, 15) is 9.59 Å². The molecule has 4 rings (SSSR count). The van der Waals surface area contributed by atoms with Gasteiger partial charge in [-0.3, -0.25) is 9.59 Å². The minimum absolute atomic E-state index is 0.308. The number of amides is 2. The highest BCUT2D eigenvalue weighted by Gasteiger charge is 2.43. The summed E-state index contributed by atoms with van der Waals surface area (Å²) in [6.45, 7) is 6.27. The maximum atomic E-state index is 13.4. The van der Waals surface area contributed by atoms with Gasteiger partial charge in [-0.25, -0.2) is 4.90 Å². The van der Waals surface area contributed by atoms with Crippen LogP contribution in [0.25, 0.3) is 5.57 Å². The van der Waals surface area contributed by atoms with Gasteiger partial charge in [-0.15, -0.1) is 11.3 Å². The number of carbonyl (C=O) groups is 2. The molecule has 0 atom stereocenters. The van der Waals surface area contributed by atoms with Crippen LogP contribution in [0.2, 0.25) is 10.0 Å². The largest absolute Gasteiger partial charge is 0.364 e. The third-order valence-corrected chi connectivity index (χ3v) is 6.75. The number of piperazine rings is 1. The quantitative estimate of drug-likeness (QED) is 0.681. The summed E-state index contributed by atoms with van der Waals surface area (Å²) in [5, 5.41) is 2.60. The van der Waals surface area contributed by atoms with Crippen LogP contribution in [0.1, 0.15) is 11.8 Å². The molecular formula is C20H19Cl2N3O2S. The first-order valence-corrected chi connectivity index (χ1v) is 10.7. The fourth-order valence-electron chi connectivity index (χ4n) is 3.60. The monoisotopic (exact) mass is 435 g/mol. The summed E-state index contributed by atoms with van der Waals surface area (Å²) in [6.07, 6.45) is 0. The van der Waals surface area contributed by atoms with E-state index in [-0.39, 0.29) is 11.8 Å². The van der Waals surface area contributed by atoms with E-state index in [4.69, 9.17) is 23.2 Å². The zero-order valence-corrected chi connectivity index (χ0v) is 17.7. The first-order valence-electron chi connectivity index (χ1n) is 9.10. The highest BCUT2D eigenvalue weighted by Crippen LogP contribution is 2.38. The van der Waals surface area contributed by atoms with Crippen LogP contribution >= 0.6 is 34.5 Å². The zero-order chi connectivity index (χ0) is 19.8. The standard InChI is InChI=1S/C20H19Cl2N3O2S/c1-2-23-7-9-24(10-8-23)18-17(16-4-3-11-28-16)19(26)25(20(18)27)13-5-6-14(21)15(22)12-13/h3-6,11-12H,2,7-10H2,1H3. The highest BCUT2D eigenvalue weighted by molar-refractivity contribution is 7.11. The van der Waals surface area contributed by atoms with Crippen molar-refractivity contribution in [2.24, 2.45) is 0 Å². The number of thiophene rings is 1. The molecule has 0 bridgehead atoms. The second-order valence-corrected chi connectivity index (χ2v) is 8.43. The molecule has 0 N–H and O–H groups in total. The SMILES string of the molecule is CCN1CCN(C2=C(c3cccs3)C(=O)N(c3ccc(Cl)c(Cl)c3)C2=O)CC1. The van der Waals surface area contributed by atoms with E-state index in [0.29, 0.717) is 40.1 Å². The second kappa shape index (κ2) is 7.87. The van der Waals surface area contributed by atoms with Crippen LogP contribution in [-0.4, -0.2) is 54.3 Å². The Morgan fingerprint density at radius 2 is 1.75 bits per heavy atom. The van der Waals surface area contributed by atoms with Crippen LogP contribution in [0.5, 0.6) is 0 Å². The second-order valence-electron chi connectivity index (χ2n) is 6.67. The molecule has 0 spiro atoms. The van der Waals surface area contributed by atoms with Crippen LogP contribution in [0.15, 0.2) is 41.4 Å². The van der Waals surface area contributed by atoms with Gasteiger partial charge < -0.3 is 9.80 Å². The average molecular weight is 436 g/mol. The molecule has 0 aliphatic carbocycles. The summed E-state index contributed by atoms with van der Waals surface area (Å²) >= 11 is 13.6. The lowest BCUT2D eigenvalue weighted by molar-refractivity contribution is -0.120. The van der Waals surface area contributed by atoms with E-state index in [0.717, 1.165) is 24.5 Å². The summed E-state index contributed by atoms with van der Waals surface area (Å²) in [5.41, 5.74) is 1.38. The number of nitrogens with zero attached hydrogens (tertiary/aromatic N) is 3. The summed E-state index contributed by atoms with van der Waals surface area (Å²) in [4.78, 5) is 33.1. The van der Waals surface area contributed by atoms with Crippen molar-refractivity contribution in [3.8, 4) is 0 Å². The van der Waals surface area contributed by atoms with Crippen LogP contribution < -0.4 is 4.90 Å². The van der Waals surface area contributed by atoms with E-state index in [1.54, 1.807) is 18.2 Å². The summed E-state index contributed by atoms with van der Waals surface area (Å²) < 4.78 is 0. The number of carbonyl (C=O) groups excluding carboxylic acids is 2. The van der Waals surface area contributed by atoms with Gasteiger partial charge in [0, 0.05) is 31.1 Å². The molecule has 2 amide bonds. The van der Waals surface area contributed by atoms with Gasteiger partial charge in [0.15, 0.2) is 0 Å². The van der Waals surface area contributed by atoms with Crippen molar-refractivity contribution in [3.05, 3.63) is 56.3 Å². The molecule has 0 unspecified atom stereocenters. The Balaban J connectivity index is 1.75. The number of anilines is 1. The van der Waals surface area contributed by atoms with Gasteiger partial charge >= 0.3 is 0 Å². The van der Waals surface area contributed by atoms with Crippen molar-refractivity contribution in [1.82, 2.24) is 9.80 Å². The van der Waals surface area contributed by atoms with Gasteiger partial charge in [-0.2, -0.15) is 0 Å². The van der Waals surface area contributed by atoms with E-state index in [2.05, 4.69) is 11.8 Å². The van der Waals surface area contributed by atoms with Crippen molar-refractivity contribution < 1.29 is 9.59 Å². The topological polar surface area (TPSA) is 43.9 Å². The van der Waals surface area contributed by atoms with Crippen LogP contribution in [0, 0.1) is 0 Å². The predicted octanol–water partition coefficient (Wildman–Crippen LogP) is 3.98. The fourth-order valence-corrected chi connectivity index (χ4v) is 4.66. The molecule has 5 nitrogen and oxygen atoms in total. The first-order chi connectivity index (χ1) is 13.5. The molecular weight excluding hydrogens is 417 g/mol. The van der Waals surface area contributed by atoms with Gasteiger partial charge in [-0.05, 0) is 36.2 Å². The van der Waals surface area contributed by atoms with Gasteiger partial charge in [0.2, 0.25) is 0 Å². The van der Waals surface area contributed by atoms with Gasteiger partial charge in [-0.1, -0.05) is 36.2 Å². The van der Waals surface area contributed by atoms with Gasteiger partial charge in [0.1, 0.15) is 5.70 Å². The van der Waals surface area contributed by atoms with E-state index in [1.807, 2.05) is 22.4 Å². The average Bonchev–Trinajstić information content (AvgIpc) is 3.30. The highest BCUT2D eigenvalue weighted by atomic mass is 35.5. The van der Waals surface area contributed by atoms with E-state index < -0.39 is 0 Å². The van der Waals surface area contributed by atoms with Gasteiger partial charge in [0.05, 0.1) is 21.3 Å². The third kappa shape index (κ3) is 3.35. The van der Waals surface area contributed by atoms with Crippen LogP contribution in [-0.2, 0) is 9.59 Å². The molecule has 1 saturated heterocycles. The predicted molar refractivity (Wildman–Crippen MR) is 114 cm³/mol. The molecule has 2 aromatic rings. The third-order valence-electron chi connectivity index (χ3n) is 5.12. The minimum atomic E-state index is -0.321. The number of hydrogen-bond acceptors (Lipinski definition) is 5. The lowest BCUT2D eigenvalue weighted by Crippen LogP contribution is -2.47. The number of halogens is 2. The molecule has 2 aliphatic rings. The Labute approximate surface area is 177 Å². The number of likely N-dealkylation sites (N-methyl/N-ethyl adjacent to an activating group) is 1. The fraction of sp³-hybridized carbons (Fsp3) is 0.300. The van der Waals surface area contributed by atoms with Crippen molar-refractivity contribution in [3.63, 3.8) is 0 Å². The summed E-state index contributed by atoms with van der Waals surface area (Å²) in [5.74, 6) is -0.629. The maximum Gasteiger partial charge on any atom is 0.282 e. The Bertz CT molecular complexity index is 950. The van der Waals surface area contributed by atoms with Crippen molar-refractivity contribution in [2.75, 3.05) is 37.6 Å². The molecule has 1 aromatic heterocycles. The molecule has 146 valence electrons. The van der Waals surface area contributed by atoms with Crippen molar-refractivity contribution in [2.45, 2.75) is 6.92 Å². The molecule has 0 radical (unpaired) electrons. The van der Waals surface area contributed by atoms with Crippen molar-refractivity contribution in [1.29, 1.82) is 0 Å². The normalized spacial score (nSPS) is 18.5. The molecule has 2 aliphatic heterocycles. The van der Waals surface area contributed by atoms with Crippen molar-refractivity contribution >= 4 is 57.6 Å². The molecule has 0 saturated carbocycles. The minimum Gasteiger partial charge on any atom is -0.364 e. The van der Waals surface area contributed by atoms with E-state index >= 15 is 0 Å². The van der Waals surface area contributed by atoms with Crippen LogP contribution in [0.4, 0.5) is 5.69 Å². The Morgan fingerprint density at radius 3 is 2.36 bits per heavy atom. The molecule has 1 aromatic carbocycles. The molecule has 8 heteroatoms. The molecule has 1 fully saturated rings. The Morgan fingerprint density at radius 1 is 1.00 bits per heavy atom. The van der Waals surface area contributed by atoms with Crippen LogP contribution in [0.3, 0.4) is 0 Å². The molecule has 3 heterocycles. The lowest BCUT2D eigenvalue weighted by Gasteiger charge is -2.35. The van der Waals surface area contributed by atoms with Gasteiger partial charge in [0.25, 0.3) is 11.8 Å². The zero-order valence-electron chi connectivity index (χ0n) is 15.3.